The van der Waals surface area contributed by atoms with Crippen molar-refractivity contribution in [2.24, 2.45) is 5.73 Å². The average molecular weight is 275 g/mol. The van der Waals surface area contributed by atoms with Crippen molar-refractivity contribution in [3.05, 3.63) is 40.4 Å². The third-order valence-electron chi connectivity index (χ3n) is 3.29. The molecule has 2 aromatic rings. The highest BCUT2D eigenvalue weighted by atomic mass is 32.1. The average Bonchev–Trinajstić information content (AvgIpc) is 2.68. The van der Waals surface area contributed by atoms with Crippen molar-refractivity contribution in [3.63, 3.8) is 0 Å². The molecule has 0 spiro atoms. The fourth-order valence-electron chi connectivity index (χ4n) is 2.23. The highest BCUT2D eigenvalue weighted by Crippen LogP contribution is 2.30. The molecule has 100 valence electrons. The molecule has 4 nitrogen and oxygen atoms in total. The second-order valence-corrected chi connectivity index (χ2v) is 5.65. The number of hydrogen-bond acceptors (Lipinski definition) is 5. The zero-order chi connectivity index (χ0) is 13.2. The molecule has 0 atom stereocenters. The van der Waals surface area contributed by atoms with Crippen LogP contribution >= 0.6 is 11.3 Å². The summed E-state index contributed by atoms with van der Waals surface area (Å²) in [6.07, 6.45) is 0. The first-order valence-corrected chi connectivity index (χ1v) is 7.21. The molecule has 0 radical (unpaired) electrons. The maximum Gasteiger partial charge on any atom is 0.186 e. The summed E-state index contributed by atoms with van der Waals surface area (Å²) in [6, 6.07) is 8.19. The lowest BCUT2D eigenvalue weighted by Crippen LogP contribution is -2.25. The minimum Gasteiger partial charge on any atom is -0.491 e. The van der Waals surface area contributed by atoms with Crippen molar-refractivity contribution < 1.29 is 4.74 Å². The monoisotopic (exact) mass is 275 g/mol. The molecular formula is C14H17N3OS. The fraction of sp³-hybridized carbons (Fsp3) is 0.357. The molecule has 0 aliphatic carbocycles. The van der Waals surface area contributed by atoms with Gasteiger partial charge in [0.25, 0.3) is 0 Å². The molecule has 0 unspecified atom stereocenters. The number of ether oxygens (including phenoxy) is 1. The van der Waals surface area contributed by atoms with Crippen LogP contribution in [0, 0.1) is 6.92 Å². The van der Waals surface area contributed by atoms with Gasteiger partial charge in [0.1, 0.15) is 12.4 Å². The van der Waals surface area contributed by atoms with Gasteiger partial charge in [-0.15, -0.1) is 11.3 Å². The number of para-hydroxylation sites is 1. The molecule has 19 heavy (non-hydrogen) atoms. The first-order valence-electron chi connectivity index (χ1n) is 6.40. The Morgan fingerprint density at radius 2 is 2.26 bits per heavy atom. The molecule has 1 aliphatic rings. The van der Waals surface area contributed by atoms with Crippen LogP contribution in [0.25, 0.3) is 0 Å². The van der Waals surface area contributed by atoms with Crippen molar-refractivity contribution in [2.45, 2.75) is 20.0 Å². The van der Waals surface area contributed by atoms with E-state index >= 15 is 0 Å². The van der Waals surface area contributed by atoms with Gasteiger partial charge < -0.3 is 15.4 Å². The number of nitrogens with zero attached hydrogens (tertiary/aromatic N) is 2. The highest BCUT2D eigenvalue weighted by molar-refractivity contribution is 7.15. The van der Waals surface area contributed by atoms with Crippen LogP contribution in [-0.4, -0.2) is 18.1 Å². The summed E-state index contributed by atoms with van der Waals surface area (Å²) in [7, 11) is 0. The number of aromatic nitrogens is 1. The third-order valence-corrected chi connectivity index (χ3v) is 4.53. The van der Waals surface area contributed by atoms with Crippen LogP contribution in [-0.2, 0) is 13.1 Å². The zero-order valence-corrected chi connectivity index (χ0v) is 11.7. The van der Waals surface area contributed by atoms with E-state index in [4.69, 9.17) is 10.5 Å². The van der Waals surface area contributed by atoms with Gasteiger partial charge in [-0.25, -0.2) is 4.98 Å². The van der Waals surface area contributed by atoms with E-state index in [1.165, 1.54) is 5.56 Å². The first kappa shape index (κ1) is 12.4. The maximum atomic E-state index is 5.77. The molecule has 0 saturated heterocycles. The molecule has 1 aromatic carbocycles. The van der Waals surface area contributed by atoms with Gasteiger partial charge in [-0.05, 0) is 13.0 Å². The molecule has 0 bridgehead atoms. The Kier molecular flexibility index (Phi) is 3.40. The molecule has 1 aliphatic heterocycles. The second kappa shape index (κ2) is 5.19. The lowest BCUT2D eigenvalue weighted by molar-refractivity contribution is 0.331. The van der Waals surface area contributed by atoms with Crippen LogP contribution in [0.1, 0.15) is 16.1 Å². The normalized spacial score (nSPS) is 14.7. The number of benzene rings is 1. The number of fused-ring (bicyclic) bond motifs is 1. The van der Waals surface area contributed by atoms with Gasteiger partial charge >= 0.3 is 0 Å². The number of rotatable bonds is 2. The molecule has 2 heterocycles. The molecule has 0 fully saturated rings. The van der Waals surface area contributed by atoms with Crippen molar-refractivity contribution in [1.29, 1.82) is 0 Å². The number of thiazole rings is 1. The summed E-state index contributed by atoms with van der Waals surface area (Å²) in [5.41, 5.74) is 7.98. The minimum atomic E-state index is 0.560. The van der Waals surface area contributed by atoms with Crippen LogP contribution in [0.15, 0.2) is 24.3 Å². The standard InChI is InChI=1S/C14H17N3OS/c1-10-13(8-15)19-14(16-10)17-6-7-18-12-5-3-2-4-11(12)9-17/h2-5H,6-9,15H2,1H3. The lowest BCUT2D eigenvalue weighted by Gasteiger charge is -2.18. The Balaban J connectivity index is 1.89. The summed E-state index contributed by atoms with van der Waals surface area (Å²) in [5, 5.41) is 1.04. The Morgan fingerprint density at radius 3 is 3.05 bits per heavy atom. The van der Waals surface area contributed by atoms with E-state index < -0.39 is 0 Å². The maximum absolute atomic E-state index is 5.77. The molecule has 5 heteroatoms. The van der Waals surface area contributed by atoms with Gasteiger partial charge in [0.05, 0.1) is 12.2 Å². The zero-order valence-electron chi connectivity index (χ0n) is 10.9. The Bertz CT molecular complexity index is 582. The van der Waals surface area contributed by atoms with Gasteiger partial charge in [0.15, 0.2) is 5.13 Å². The molecule has 0 amide bonds. The predicted molar refractivity (Wildman–Crippen MR) is 77.7 cm³/mol. The Morgan fingerprint density at radius 1 is 1.42 bits per heavy atom. The number of hydrogen-bond donors (Lipinski definition) is 1. The third kappa shape index (κ3) is 2.43. The van der Waals surface area contributed by atoms with Crippen LogP contribution in [0.5, 0.6) is 5.75 Å². The molecule has 2 N–H and O–H groups in total. The van der Waals surface area contributed by atoms with Crippen molar-refractivity contribution in [3.8, 4) is 5.75 Å². The summed E-state index contributed by atoms with van der Waals surface area (Å²) < 4.78 is 5.77. The van der Waals surface area contributed by atoms with E-state index in [2.05, 4.69) is 16.0 Å². The van der Waals surface area contributed by atoms with E-state index in [1.54, 1.807) is 11.3 Å². The van der Waals surface area contributed by atoms with Gasteiger partial charge in [-0.2, -0.15) is 0 Å². The summed E-state index contributed by atoms with van der Waals surface area (Å²) >= 11 is 1.68. The van der Waals surface area contributed by atoms with Gasteiger partial charge in [-0.3, -0.25) is 0 Å². The van der Waals surface area contributed by atoms with E-state index in [0.29, 0.717) is 13.2 Å². The largest absolute Gasteiger partial charge is 0.491 e. The van der Waals surface area contributed by atoms with Crippen molar-refractivity contribution >= 4 is 16.5 Å². The molecule has 3 rings (SSSR count). The smallest absolute Gasteiger partial charge is 0.186 e. The van der Waals surface area contributed by atoms with Gasteiger partial charge in [0, 0.05) is 23.5 Å². The van der Waals surface area contributed by atoms with E-state index in [-0.39, 0.29) is 0 Å². The van der Waals surface area contributed by atoms with Crippen molar-refractivity contribution in [1.82, 2.24) is 4.98 Å². The van der Waals surface area contributed by atoms with E-state index in [9.17, 15) is 0 Å². The second-order valence-electron chi connectivity index (χ2n) is 4.59. The topological polar surface area (TPSA) is 51.4 Å². The first-order chi connectivity index (χ1) is 9.28. The van der Waals surface area contributed by atoms with Crippen LogP contribution in [0.4, 0.5) is 5.13 Å². The van der Waals surface area contributed by atoms with Gasteiger partial charge in [-0.1, -0.05) is 18.2 Å². The molecule has 0 saturated carbocycles. The van der Waals surface area contributed by atoms with Gasteiger partial charge in [0.2, 0.25) is 0 Å². The Labute approximate surface area is 116 Å². The number of anilines is 1. The summed E-state index contributed by atoms with van der Waals surface area (Å²) in [5.74, 6) is 0.984. The summed E-state index contributed by atoms with van der Waals surface area (Å²) in [6.45, 7) is 4.96. The molecular weight excluding hydrogens is 258 g/mol. The highest BCUT2D eigenvalue weighted by Gasteiger charge is 2.18. The van der Waals surface area contributed by atoms with Crippen LogP contribution in [0.2, 0.25) is 0 Å². The van der Waals surface area contributed by atoms with E-state index in [0.717, 1.165) is 34.5 Å². The minimum absolute atomic E-state index is 0.560. The quantitative estimate of drug-likeness (QED) is 0.914. The van der Waals surface area contributed by atoms with Crippen LogP contribution in [0.3, 0.4) is 0 Å². The SMILES string of the molecule is Cc1nc(N2CCOc3ccccc3C2)sc1CN. The number of nitrogens with two attached hydrogens (primary N) is 1. The van der Waals surface area contributed by atoms with Crippen molar-refractivity contribution in [2.75, 3.05) is 18.1 Å². The Hall–Kier alpha value is -1.59. The predicted octanol–water partition coefficient (Wildman–Crippen LogP) is 2.31. The number of aryl methyl sites for hydroxylation is 1. The van der Waals surface area contributed by atoms with Crippen LogP contribution < -0.4 is 15.4 Å². The molecule has 1 aromatic heterocycles. The summed E-state index contributed by atoms with van der Waals surface area (Å²) in [4.78, 5) is 8.06. The van der Waals surface area contributed by atoms with E-state index in [1.807, 2.05) is 25.1 Å². The fourth-order valence-corrected chi connectivity index (χ4v) is 3.19. The lowest BCUT2D eigenvalue weighted by atomic mass is 10.2.